The van der Waals surface area contributed by atoms with Crippen LogP contribution in [0.5, 0.6) is 0 Å². The van der Waals surface area contributed by atoms with Gasteiger partial charge in [0.15, 0.2) is 0 Å². The predicted octanol–water partition coefficient (Wildman–Crippen LogP) is 2.03. The predicted molar refractivity (Wildman–Crippen MR) is 90.8 cm³/mol. The number of carboxylic acids is 1. The number of benzene rings is 2. The summed E-state index contributed by atoms with van der Waals surface area (Å²) in [5.41, 5.74) is 0.374. The molecule has 2 aromatic carbocycles. The molecule has 0 radical (unpaired) electrons. The van der Waals surface area contributed by atoms with E-state index in [9.17, 15) is 17.6 Å². The molecule has 1 fully saturated rings. The summed E-state index contributed by atoms with van der Waals surface area (Å²) in [7, 11) is -3.78. The highest BCUT2D eigenvalue weighted by atomic mass is 32.2. The third-order valence-corrected chi connectivity index (χ3v) is 6.05. The average molecular weight is 364 g/mol. The largest absolute Gasteiger partial charge is 0.478 e. The van der Waals surface area contributed by atoms with E-state index in [1.165, 1.54) is 28.6 Å². The molecule has 0 saturated carbocycles. The van der Waals surface area contributed by atoms with E-state index in [-0.39, 0.29) is 29.4 Å². The minimum absolute atomic E-state index is 0.0493. The highest BCUT2D eigenvalue weighted by Crippen LogP contribution is 2.23. The molecule has 1 heterocycles. The topological polar surface area (TPSA) is 77.9 Å². The monoisotopic (exact) mass is 364 g/mol. The maximum Gasteiger partial charge on any atom is 0.335 e. The van der Waals surface area contributed by atoms with Gasteiger partial charge in [-0.2, -0.15) is 4.31 Å². The van der Waals surface area contributed by atoms with Crippen LogP contribution in [0.2, 0.25) is 0 Å². The summed E-state index contributed by atoms with van der Waals surface area (Å²) in [6.07, 6.45) is 0. The molecule has 1 aliphatic rings. The molecule has 3 rings (SSSR count). The van der Waals surface area contributed by atoms with Crippen molar-refractivity contribution in [2.45, 2.75) is 4.90 Å². The maximum atomic E-state index is 13.9. The van der Waals surface area contributed by atoms with Crippen LogP contribution in [-0.2, 0) is 10.0 Å². The molecule has 0 aromatic heterocycles. The van der Waals surface area contributed by atoms with Crippen LogP contribution < -0.4 is 4.90 Å². The molecule has 0 bridgehead atoms. The van der Waals surface area contributed by atoms with Gasteiger partial charge in [0.05, 0.1) is 16.1 Å². The van der Waals surface area contributed by atoms with Gasteiger partial charge in [-0.3, -0.25) is 0 Å². The Labute approximate surface area is 145 Å². The number of carboxylic acid groups (broad SMARTS) is 1. The Hall–Kier alpha value is -2.45. The van der Waals surface area contributed by atoms with Gasteiger partial charge in [-0.25, -0.2) is 17.6 Å². The molecule has 132 valence electrons. The Morgan fingerprint density at radius 1 is 1.00 bits per heavy atom. The minimum Gasteiger partial charge on any atom is -0.478 e. The molecule has 0 amide bonds. The summed E-state index contributed by atoms with van der Waals surface area (Å²) in [5, 5.41) is 9.02. The number of rotatable bonds is 4. The Balaban J connectivity index is 1.77. The minimum atomic E-state index is -3.78. The number of carbonyl (C=O) groups is 1. The molecular formula is C17H17FN2O4S. The molecule has 0 aliphatic carbocycles. The van der Waals surface area contributed by atoms with Crippen LogP contribution in [0.3, 0.4) is 0 Å². The van der Waals surface area contributed by atoms with Crippen molar-refractivity contribution in [3.8, 4) is 0 Å². The van der Waals surface area contributed by atoms with Crippen LogP contribution >= 0.6 is 0 Å². The number of anilines is 1. The van der Waals surface area contributed by atoms with Crippen molar-refractivity contribution in [3.63, 3.8) is 0 Å². The van der Waals surface area contributed by atoms with E-state index >= 15 is 0 Å². The second-order valence-electron chi connectivity index (χ2n) is 5.68. The van der Waals surface area contributed by atoms with E-state index in [2.05, 4.69) is 0 Å². The lowest BCUT2D eigenvalue weighted by Gasteiger charge is -2.35. The van der Waals surface area contributed by atoms with E-state index in [0.29, 0.717) is 18.8 Å². The summed E-state index contributed by atoms with van der Waals surface area (Å²) in [5.74, 6) is -1.52. The van der Waals surface area contributed by atoms with Crippen LogP contribution in [0.1, 0.15) is 10.4 Å². The van der Waals surface area contributed by atoms with Crippen LogP contribution in [0.15, 0.2) is 53.4 Å². The molecule has 6 nitrogen and oxygen atoms in total. The molecular weight excluding hydrogens is 347 g/mol. The zero-order valence-electron chi connectivity index (χ0n) is 13.3. The first-order valence-corrected chi connectivity index (χ1v) is 9.16. The standard InChI is InChI=1S/C17H17FN2O4S/c18-15-6-1-2-7-16(15)19-8-10-20(11-9-19)25(23,24)14-5-3-4-13(12-14)17(21)22/h1-7,12H,8-11H2,(H,21,22). The van der Waals surface area contributed by atoms with E-state index in [4.69, 9.17) is 5.11 Å². The van der Waals surface area contributed by atoms with Crippen molar-refractivity contribution < 1.29 is 22.7 Å². The lowest BCUT2D eigenvalue weighted by Crippen LogP contribution is -2.48. The first-order valence-electron chi connectivity index (χ1n) is 7.72. The molecule has 1 aliphatic heterocycles. The molecule has 1 saturated heterocycles. The van der Waals surface area contributed by atoms with Gasteiger partial charge in [-0.05, 0) is 30.3 Å². The highest BCUT2D eigenvalue weighted by Gasteiger charge is 2.29. The van der Waals surface area contributed by atoms with Crippen molar-refractivity contribution in [2.75, 3.05) is 31.1 Å². The summed E-state index contributed by atoms with van der Waals surface area (Å²) in [6.45, 7) is 1.12. The van der Waals surface area contributed by atoms with Gasteiger partial charge >= 0.3 is 5.97 Å². The summed E-state index contributed by atoms with van der Waals surface area (Å²) in [4.78, 5) is 12.8. The number of para-hydroxylation sites is 1. The quantitative estimate of drug-likeness (QED) is 0.898. The Morgan fingerprint density at radius 3 is 2.32 bits per heavy atom. The van der Waals surface area contributed by atoms with E-state index in [1.54, 1.807) is 23.1 Å². The summed E-state index contributed by atoms with van der Waals surface area (Å²) >= 11 is 0. The molecule has 2 aromatic rings. The van der Waals surface area contributed by atoms with Crippen molar-refractivity contribution in [1.29, 1.82) is 0 Å². The fraction of sp³-hybridized carbons (Fsp3) is 0.235. The molecule has 0 unspecified atom stereocenters. The van der Waals surface area contributed by atoms with Gasteiger partial charge in [-0.1, -0.05) is 18.2 Å². The third kappa shape index (κ3) is 3.49. The van der Waals surface area contributed by atoms with Crippen LogP contribution in [0.25, 0.3) is 0 Å². The smallest absolute Gasteiger partial charge is 0.335 e. The third-order valence-electron chi connectivity index (χ3n) is 4.15. The number of hydrogen-bond donors (Lipinski definition) is 1. The number of nitrogens with zero attached hydrogens (tertiary/aromatic N) is 2. The van der Waals surface area contributed by atoms with Crippen LogP contribution in [0, 0.1) is 5.82 Å². The number of hydrogen-bond acceptors (Lipinski definition) is 4. The Bertz CT molecular complexity index is 893. The molecule has 0 atom stereocenters. The summed E-state index contributed by atoms with van der Waals surface area (Å²) < 4.78 is 40.6. The average Bonchev–Trinajstić information content (AvgIpc) is 2.62. The fourth-order valence-corrected chi connectivity index (χ4v) is 4.28. The normalized spacial score (nSPS) is 16.0. The zero-order chi connectivity index (χ0) is 18.0. The van der Waals surface area contributed by atoms with Crippen molar-refractivity contribution >= 4 is 21.7 Å². The van der Waals surface area contributed by atoms with Gasteiger partial charge < -0.3 is 10.0 Å². The fourth-order valence-electron chi connectivity index (χ4n) is 2.82. The number of halogens is 1. The van der Waals surface area contributed by atoms with Gasteiger partial charge in [0, 0.05) is 26.2 Å². The number of aromatic carboxylic acids is 1. The van der Waals surface area contributed by atoms with Gasteiger partial charge in [-0.15, -0.1) is 0 Å². The Morgan fingerprint density at radius 2 is 1.68 bits per heavy atom. The second kappa shape index (κ2) is 6.81. The van der Waals surface area contributed by atoms with Gasteiger partial charge in [0.2, 0.25) is 10.0 Å². The van der Waals surface area contributed by atoms with E-state index < -0.39 is 16.0 Å². The first kappa shape index (κ1) is 17.4. The molecule has 1 N–H and O–H groups in total. The maximum absolute atomic E-state index is 13.9. The first-order chi connectivity index (χ1) is 11.9. The van der Waals surface area contributed by atoms with Crippen molar-refractivity contribution in [2.24, 2.45) is 0 Å². The molecule has 0 spiro atoms. The van der Waals surface area contributed by atoms with Crippen molar-refractivity contribution in [3.05, 3.63) is 59.9 Å². The summed E-state index contributed by atoms with van der Waals surface area (Å²) in [6, 6.07) is 11.7. The van der Waals surface area contributed by atoms with Crippen LogP contribution in [0.4, 0.5) is 10.1 Å². The SMILES string of the molecule is O=C(O)c1cccc(S(=O)(=O)N2CCN(c3ccccc3F)CC2)c1. The molecule has 25 heavy (non-hydrogen) atoms. The van der Waals surface area contributed by atoms with Gasteiger partial charge in [0.1, 0.15) is 5.82 Å². The number of sulfonamides is 1. The Kier molecular flexibility index (Phi) is 4.73. The second-order valence-corrected chi connectivity index (χ2v) is 7.61. The highest BCUT2D eigenvalue weighted by molar-refractivity contribution is 7.89. The van der Waals surface area contributed by atoms with Gasteiger partial charge in [0.25, 0.3) is 0 Å². The number of piperazine rings is 1. The van der Waals surface area contributed by atoms with Crippen LogP contribution in [-0.4, -0.2) is 50.0 Å². The lowest BCUT2D eigenvalue weighted by atomic mass is 10.2. The molecule has 8 heteroatoms. The van der Waals surface area contributed by atoms with E-state index in [1.807, 2.05) is 0 Å². The zero-order valence-corrected chi connectivity index (χ0v) is 14.1. The van der Waals surface area contributed by atoms with E-state index in [0.717, 1.165) is 6.07 Å². The lowest BCUT2D eigenvalue weighted by molar-refractivity contribution is 0.0696. The van der Waals surface area contributed by atoms with Crippen molar-refractivity contribution in [1.82, 2.24) is 4.31 Å².